The van der Waals surface area contributed by atoms with E-state index in [1.165, 1.54) is 17.7 Å². The van der Waals surface area contributed by atoms with Crippen LogP contribution in [0.3, 0.4) is 0 Å². The molecule has 0 bridgehead atoms. The third-order valence-electron chi connectivity index (χ3n) is 6.25. The van der Waals surface area contributed by atoms with Crippen LogP contribution in [0.1, 0.15) is 30.1 Å². The first kappa shape index (κ1) is 20.6. The van der Waals surface area contributed by atoms with Gasteiger partial charge in [0.25, 0.3) is 0 Å². The number of hydrogen-bond donors (Lipinski definition) is 0. The van der Waals surface area contributed by atoms with Crippen LogP contribution in [0.4, 0.5) is 4.39 Å². The van der Waals surface area contributed by atoms with E-state index >= 15 is 0 Å². The van der Waals surface area contributed by atoms with Crippen LogP contribution in [0, 0.1) is 5.82 Å². The van der Waals surface area contributed by atoms with Crippen molar-refractivity contribution in [2.75, 3.05) is 19.6 Å². The molecule has 3 aromatic carbocycles. The van der Waals surface area contributed by atoms with Gasteiger partial charge in [-0.05, 0) is 74.3 Å². The molecule has 1 saturated heterocycles. The van der Waals surface area contributed by atoms with Gasteiger partial charge in [-0.25, -0.2) is 14.1 Å². The first-order valence-electron chi connectivity index (χ1n) is 11.3. The summed E-state index contributed by atoms with van der Waals surface area (Å²) in [6.07, 6.45) is 3.20. The highest BCUT2D eigenvalue weighted by molar-refractivity contribution is 5.55. The lowest BCUT2D eigenvalue weighted by Gasteiger charge is -2.31. The van der Waals surface area contributed by atoms with Crippen LogP contribution in [-0.2, 0) is 6.42 Å². The minimum Gasteiger partial charge on any atom is -0.303 e. The molecule has 1 aliphatic heterocycles. The SMILES string of the molecule is Fc1ccc(-c2nc(C3CCN(CCc4ccccc4)CC3)n(-c3ccccc3)n2)cc1. The number of aromatic nitrogens is 3. The van der Waals surface area contributed by atoms with E-state index in [1.807, 2.05) is 22.9 Å². The molecule has 1 fully saturated rings. The van der Waals surface area contributed by atoms with Crippen molar-refractivity contribution in [1.82, 2.24) is 19.7 Å². The van der Waals surface area contributed by atoms with Crippen LogP contribution in [0.25, 0.3) is 17.1 Å². The maximum atomic E-state index is 13.4. The molecule has 0 aliphatic carbocycles. The van der Waals surface area contributed by atoms with Crippen LogP contribution in [-0.4, -0.2) is 39.3 Å². The third-order valence-corrected chi connectivity index (χ3v) is 6.25. The number of nitrogens with zero attached hydrogens (tertiary/aromatic N) is 4. The third kappa shape index (κ3) is 4.63. The highest BCUT2D eigenvalue weighted by Crippen LogP contribution is 2.30. The Labute approximate surface area is 188 Å². The first-order valence-corrected chi connectivity index (χ1v) is 11.3. The molecule has 2 heterocycles. The van der Waals surface area contributed by atoms with Gasteiger partial charge in [-0.15, -0.1) is 5.10 Å². The van der Waals surface area contributed by atoms with E-state index in [0.29, 0.717) is 11.7 Å². The smallest absolute Gasteiger partial charge is 0.181 e. The maximum absolute atomic E-state index is 13.4. The standard InChI is InChI=1S/C27H27FN4/c28-24-13-11-22(12-14-24)26-29-27(32(30-26)25-9-5-2-6-10-25)23-16-19-31(20-17-23)18-15-21-7-3-1-4-8-21/h1-14,23H,15-20H2. The second-order valence-corrected chi connectivity index (χ2v) is 8.40. The molecular weight excluding hydrogens is 399 g/mol. The van der Waals surface area contributed by atoms with Gasteiger partial charge in [-0.2, -0.15) is 0 Å². The van der Waals surface area contributed by atoms with Gasteiger partial charge in [0, 0.05) is 18.0 Å². The summed E-state index contributed by atoms with van der Waals surface area (Å²) < 4.78 is 15.4. The zero-order valence-electron chi connectivity index (χ0n) is 18.1. The Kier molecular flexibility index (Phi) is 6.08. The Morgan fingerprint density at radius 2 is 1.47 bits per heavy atom. The Morgan fingerprint density at radius 3 is 2.16 bits per heavy atom. The van der Waals surface area contributed by atoms with Crippen molar-refractivity contribution in [1.29, 1.82) is 0 Å². The number of piperidine rings is 1. The van der Waals surface area contributed by atoms with Crippen molar-refractivity contribution >= 4 is 0 Å². The summed E-state index contributed by atoms with van der Waals surface area (Å²) in [5, 5.41) is 4.82. The molecule has 0 radical (unpaired) electrons. The van der Waals surface area contributed by atoms with Gasteiger partial charge in [0.05, 0.1) is 5.69 Å². The molecule has 4 nitrogen and oxygen atoms in total. The molecular formula is C27H27FN4. The Morgan fingerprint density at radius 1 is 0.812 bits per heavy atom. The number of para-hydroxylation sites is 1. The Balaban J connectivity index is 1.34. The fraction of sp³-hybridized carbons (Fsp3) is 0.259. The van der Waals surface area contributed by atoms with E-state index in [1.54, 1.807) is 12.1 Å². The Hall–Kier alpha value is -3.31. The number of hydrogen-bond acceptors (Lipinski definition) is 3. The van der Waals surface area contributed by atoms with Crippen LogP contribution in [0.2, 0.25) is 0 Å². The van der Waals surface area contributed by atoms with Crippen LogP contribution in [0.5, 0.6) is 0 Å². The lowest BCUT2D eigenvalue weighted by Crippen LogP contribution is -2.35. The van der Waals surface area contributed by atoms with Crippen molar-refractivity contribution < 1.29 is 4.39 Å². The summed E-state index contributed by atoms with van der Waals surface area (Å²) in [6, 6.07) is 27.3. The molecule has 0 unspecified atom stereocenters. The van der Waals surface area contributed by atoms with Crippen LogP contribution < -0.4 is 0 Å². The van der Waals surface area contributed by atoms with Gasteiger partial charge < -0.3 is 4.90 Å². The Bertz CT molecular complexity index is 1130. The number of benzene rings is 3. The lowest BCUT2D eigenvalue weighted by molar-refractivity contribution is 0.210. The normalized spacial score (nSPS) is 15.2. The van der Waals surface area contributed by atoms with Gasteiger partial charge in [0.2, 0.25) is 0 Å². The minimum absolute atomic E-state index is 0.251. The van der Waals surface area contributed by atoms with Gasteiger partial charge in [0.15, 0.2) is 5.82 Å². The van der Waals surface area contributed by atoms with Crippen molar-refractivity contribution in [3.05, 3.63) is 102 Å². The summed E-state index contributed by atoms with van der Waals surface area (Å²) in [7, 11) is 0. The van der Waals surface area contributed by atoms with Gasteiger partial charge in [-0.1, -0.05) is 48.5 Å². The van der Waals surface area contributed by atoms with E-state index in [2.05, 4.69) is 47.4 Å². The zero-order chi connectivity index (χ0) is 21.8. The number of rotatable bonds is 6. The predicted octanol–water partition coefficient (Wildman–Crippen LogP) is 5.50. The van der Waals surface area contributed by atoms with E-state index in [0.717, 1.165) is 56.0 Å². The predicted molar refractivity (Wildman–Crippen MR) is 125 cm³/mol. The van der Waals surface area contributed by atoms with E-state index in [-0.39, 0.29) is 5.82 Å². The largest absolute Gasteiger partial charge is 0.303 e. The average molecular weight is 427 g/mol. The monoisotopic (exact) mass is 426 g/mol. The minimum atomic E-state index is -0.251. The molecule has 1 aliphatic rings. The van der Waals surface area contributed by atoms with E-state index in [9.17, 15) is 4.39 Å². The summed E-state index contributed by atoms with van der Waals surface area (Å²) in [6.45, 7) is 3.21. The molecule has 5 heteroatoms. The van der Waals surface area contributed by atoms with Crippen molar-refractivity contribution in [2.24, 2.45) is 0 Å². The molecule has 0 saturated carbocycles. The summed E-state index contributed by atoms with van der Waals surface area (Å²) in [4.78, 5) is 7.49. The molecule has 5 rings (SSSR count). The van der Waals surface area contributed by atoms with Gasteiger partial charge in [0.1, 0.15) is 11.6 Å². The summed E-state index contributed by atoms with van der Waals surface area (Å²) in [5.41, 5.74) is 3.24. The second kappa shape index (κ2) is 9.45. The molecule has 0 amide bonds. The zero-order valence-corrected chi connectivity index (χ0v) is 18.1. The number of likely N-dealkylation sites (tertiary alicyclic amines) is 1. The first-order chi connectivity index (χ1) is 15.8. The molecule has 162 valence electrons. The average Bonchev–Trinajstić information content (AvgIpc) is 3.30. The van der Waals surface area contributed by atoms with Crippen LogP contribution >= 0.6 is 0 Å². The maximum Gasteiger partial charge on any atom is 0.181 e. The van der Waals surface area contributed by atoms with Gasteiger partial charge >= 0.3 is 0 Å². The van der Waals surface area contributed by atoms with Crippen LogP contribution in [0.15, 0.2) is 84.9 Å². The fourth-order valence-corrected chi connectivity index (χ4v) is 4.42. The van der Waals surface area contributed by atoms with Crippen molar-refractivity contribution in [3.8, 4) is 17.1 Å². The van der Waals surface area contributed by atoms with Crippen molar-refractivity contribution in [2.45, 2.75) is 25.2 Å². The molecule has 1 aromatic heterocycles. The summed E-state index contributed by atoms with van der Waals surface area (Å²) in [5.74, 6) is 1.75. The second-order valence-electron chi connectivity index (χ2n) is 8.40. The van der Waals surface area contributed by atoms with Gasteiger partial charge in [-0.3, -0.25) is 0 Å². The highest BCUT2D eigenvalue weighted by atomic mass is 19.1. The quantitative estimate of drug-likeness (QED) is 0.409. The molecule has 4 aromatic rings. The fourth-order valence-electron chi connectivity index (χ4n) is 4.42. The van der Waals surface area contributed by atoms with E-state index in [4.69, 9.17) is 10.1 Å². The number of halogens is 1. The highest BCUT2D eigenvalue weighted by Gasteiger charge is 2.26. The van der Waals surface area contributed by atoms with E-state index < -0.39 is 0 Å². The molecule has 0 N–H and O–H groups in total. The topological polar surface area (TPSA) is 34.0 Å². The molecule has 32 heavy (non-hydrogen) atoms. The molecule has 0 atom stereocenters. The van der Waals surface area contributed by atoms with Crippen molar-refractivity contribution in [3.63, 3.8) is 0 Å². The lowest BCUT2D eigenvalue weighted by atomic mass is 9.95. The summed E-state index contributed by atoms with van der Waals surface area (Å²) >= 11 is 0. The molecule has 0 spiro atoms.